The maximum atomic E-state index is 13.6. The molecule has 0 aliphatic carbocycles. The van der Waals surface area contributed by atoms with E-state index >= 15 is 0 Å². The van der Waals surface area contributed by atoms with Crippen LogP contribution in [0.15, 0.2) is 51.8 Å². The quantitative estimate of drug-likeness (QED) is 0.489. The number of halogens is 3. The minimum atomic E-state index is -3.99. The molecule has 1 heterocycles. The van der Waals surface area contributed by atoms with Crippen LogP contribution in [0.2, 0.25) is 10.0 Å². The zero-order chi connectivity index (χ0) is 23.0. The zero-order valence-corrected chi connectivity index (χ0v) is 21.2. The first-order chi connectivity index (χ1) is 14.4. The average molecular weight is 550 g/mol. The topological polar surface area (TPSA) is 66.9 Å². The second-order valence-electron chi connectivity index (χ2n) is 8.16. The highest BCUT2D eigenvalue weighted by Gasteiger charge is 2.40. The Labute approximate surface area is 201 Å². The number of nitrogens with zero attached hydrogens (tertiary/aromatic N) is 2. The highest BCUT2D eigenvalue weighted by Crippen LogP contribution is 2.37. The maximum Gasteiger partial charge on any atom is 0.410 e. The van der Waals surface area contributed by atoms with Gasteiger partial charge >= 0.3 is 6.09 Å². The van der Waals surface area contributed by atoms with Crippen LogP contribution in [0.1, 0.15) is 32.4 Å². The molecule has 1 fully saturated rings. The predicted molar refractivity (Wildman–Crippen MR) is 125 cm³/mol. The molecule has 1 aliphatic heterocycles. The zero-order valence-electron chi connectivity index (χ0n) is 17.3. The first-order valence-corrected chi connectivity index (χ1v) is 12.6. The molecule has 0 saturated carbocycles. The summed E-state index contributed by atoms with van der Waals surface area (Å²) in [6.45, 7) is 5.79. The Balaban J connectivity index is 2.01. The molecule has 3 rings (SSSR count). The third-order valence-electron chi connectivity index (χ3n) is 4.72. The van der Waals surface area contributed by atoms with Crippen molar-refractivity contribution in [3.05, 3.63) is 62.5 Å². The highest BCUT2D eigenvalue weighted by atomic mass is 79.9. The Morgan fingerprint density at radius 3 is 2.45 bits per heavy atom. The van der Waals surface area contributed by atoms with Crippen LogP contribution in [0, 0.1) is 0 Å². The lowest BCUT2D eigenvalue weighted by atomic mass is 10.0. The molecule has 0 aromatic heterocycles. The van der Waals surface area contributed by atoms with Gasteiger partial charge in [0.15, 0.2) is 0 Å². The van der Waals surface area contributed by atoms with Crippen molar-refractivity contribution in [1.82, 2.24) is 9.21 Å². The molecule has 0 spiro atoms. The van der Waals surface area contributed by atoms with Gasteiger partial charge in [-0.3, -0.25) is 0 Å². The van der Waals surface area contributed by atoms with Crippen molar-refractivity contribution in [2.45, 2.75) is 37.3 Å². The van der Waals surface area contributed by atoms with E-state index in [1.54, 1.807) is 26.8 Å². The maximum absolute atomic E-state index is 13.6. The van der Waals surface area contributed by atoms with Crippen LogP contribution >= 0.6 is 39.1 Å². The van der Waals surface area contributed by atoms with Crippen molar-refractivity contribution in [3.8, 4) is 0 Å². The van der Waals surface area contributed by atoms with Gasteiger partial charge in [0.2, 0.25) is 10.0 Å². The lowest BCUT2D eigenvalue weighted by Gasteiger charge is -2.41. The number of carbonyl (C=O) groups is 1. The van der Waals surface area contributed by atoms with E-state index in [4.69, 9.17) is 27.9 Å². The molecular weight excluding hydrogens is 527 g/mol. The number of sulfonamides is 1. The summed E-state index contributed by atoms with van der Waals surface area (Å²) in [6.07, 6.45) is -0.481. The van der Waals surface area contributed by atoms with Crippen LogP contribution in [0.4, 0.5) is 4.79 Å². The van der Waals surface area contributed by atoms with E-state index < -0.39 is 27.8 Å². The van der Waals surface area contributed by atoms with Crippen LogP contribution in [-0.2, 0) is 14.8 Å². The third-order valence-corrected chi connectivity index (χ3v) is 8.09. The summed E-state index contributed by atoms with van der Waals surface area (Å²) in [5, 5.41) is 0.140. The molecule has 0 N–H and O–H groups in total. The molecule has 6 nitrogen and oxygen atoms in total. The van der Waals surface area contributed by atoms with Gasteiger partial charge in [0.05, 0.1) is 16.1 Å². The molecule has 10 heteroatoms. The minimum absolute atomic E-state index is 0.0215. The van der Waals surface area contributed by atoms with Crippen molar-refractivity contribution < 1.29 is 17.9 Å². The number of hydrogen-bond donors (Lipinski definition) is 0. The van der Waals surface area contributed by atoms with Crippen LogP contribution < -0.4 is 0 Å². The van der Waals surface area contributed by atoms with Crippen LogP contribution in [0.5, 0.6) is 0 Å². The number of benzene rings is 2. The number of hydrogen-bond acceptors (Lipinski definition) is 4. The van der Waals surface area contributed by atoms with Gasteiger partial charge in [-0.2, -0.15) is 4.31 Å². The number of rotatable bonds is 3. The van der Waals surface area contributed by atoms with Crippen LogP contribution in [-0.4, -0.2) is 49.0 Å². The summed E-state index contributed by atoms with van der Waals surface area (Å²) in [5.41, 5.74) is 0.0872. The largest absolute Gasteiger partial charge is 0.444 e. The van der Waals surface area contributed by atoms with E-state index in [9.17, 15) is 13.2 Å². The van der Waals surface area contributed by atoms with Gasteiger partial charge in [0.25, 0.3) is 0 Å². The number of piperazine rings is 1. The first kappa shape index (κ1) is 24.3. The number of carbonyl (C=O) groups excluding carboxylic acids is 1. The standard InChI is InChI=1S/C21H23BrCl2N2O4S/c1-21(2,3)30-20(27)25-10-11-26(17(13-25)14-6-4-7-15(22)12-14)31(28,29)18-9-5-8-16(23)19(18)24/h4-9,12,17H,10-11,13H2,1-3H3. The van der Waals surface area contributed by atoms with Crippen LogP contribution in [0.3, 0.4) is 0 Å². The van der Waals surface area contributed by atoms with Crippen molar-refractivity contribution >= 4 is 55.2 Å². The second kappa shape index (κ2) is 9.27. The lowest BCUT2D eigenvalue weighted by molar-refractivity contribution is 0.0131. The Kier molecular flexibility index (Phi) is 7.28. The molecule has 168 valence electrons. The molecule has 1 saturated heterocycles. The van der Waals surface area contributed by atoms with Gasteiger partial charge < -0.3 is 9.64 Å². The molecule has 0 bridgehead atoms. The van der Waals surface area contributed by atoms with E-state index in [0.717, 1.165) is 10.0 Å². The average Bonchev–Trinajstić information content (AvgIpc) is 2.68. The van der Waals surface area contributed by atoms with E-state index in [-0.39, 0.29) is 34.6 Å². The molecule has 1 amide bonds. The van der Waals surface area contributed by atoms with Gasteiger partial charge in [-0.1, -0.05) is 57.3 Å². The first-order valence-electron chi connectivity index (χ1n) is 9.59. The monoisotopic (exact) mass is 548 g/mol. The van der Waals surface area contributed by atoms with Gasteiger partial charge in [-0.25, -0.2) is 13.2 Å². The second-order valence-corrected chi connectivity index (χ2v) is 11.7. The molecule has 0 radical (unpaired) electrons. The van der Waals surface area contributed by atoms with Crippen molar-refractivity contribution in [1.29, 1.82) is 0 Å². The molecule has 2 aromatic carbocycles. The Hall–Kier alpha value is -1.32. The fraction of sp³-hybridized carbons (Fsp3) is 0.381. The predicted octanol–water partition coefficient (Wildman–Crippen LogP) is 5.74. The van der Waals surface area contributed by atoms with Crippen molar-refractivity contribution in [2.75, 3.05) is 19.6 Å². The summed E-state index contributed by atoms with van der Waals surface area (Å²) in [6, 6.07) is 11.2. The number of ether oxygens (including phenoxy) is 1. The van der Waals surface area contributed by atoms with Gasteiger partial charge in [0, 0.05) is 24.1 Å². The fourth-order valence-electron chi connectivity index (χ4n) is 3.34. The Bertz CT molecular complexity index is 1090. The molecule has 31 heavy (non-hydrogen) atoms. The van der Waals surface area contributed by atoms with Crippen molar-refractivity contribution in [3.63, 3.8) is 0 Å². The lowest BCUT2D eigenvalue weighted by Crippen LogP contribution is -2.53. The van der Waals surface area contributed by atoms with Crippen molar-refractivity contribution in [2.24, 2.45) is 0 Å². The van der Waals surface area contributed by atoms with E-state index in [2.05, 4.69) is 15.9 Å². The Morgan fingerprint density at radius 2 is 1.81 bits per heavy atom. The summed E-state index contributed by atoms with van der Waals surface area (Å²) in [4.78, 5) is 14.1. The van der Waals surface area contributed by atoms with Crippen LogP contribution in [0.25, 0.3) is 0 Å². The SMILES string of the molecule is CC(C)(C)OC(=O)N1CCN(S(=O)(=O)c2cccc(Cl)c2Cl)C(c2cccc(Br)c2)C1. The summed E-state index contributed by atoms with van der Waals surface area (Å²) in [7, 11) is -3.99. The normalized spacial score (nSPS) is 18.1. The van der Waals surface area contributed by atoms with Gasteiger partial charge in [0.1, 0.15) is 10.5 Å². The molecule has 1 atom stereocenters. The smallest absolute Gasteiger partial charge is 0.410 e. The molecular formula is C21H23BrCl2N2O4S. The van der Waals surface area contributed by atoms with E-state index in [1.165, 1.54) is 21.3 Å². The summed E-state index contributed by atoms with van der Waals surface area (Å²) < 4.78 is 34.8. The molecule has 1 unspecified atom stereocenters. The summed E-state index contributed by atoms with van der Waals surface area (Å²) in [5.74, 6) is 0. The molecule has 2 aromatic rings. The molecule has 1 aliphatic rings. The third kappa shape index (κ3) is 5.54. The summed E-state index contributed by atoms with van der Waals surface area (Å²) >= 11 is 15.7. The fourth-order valence-corrected chi connectivity index (χ4v) is 6.09. The van der Waals surface area contributed by atoms with E-state index in [0.29, 0.717) is 0 Å². The minimum Gasteiger partial charge on any atom is -0.444 e. The highest BCUT2D eigenvalue weighted by molar-refractivity contribution is 9.10. The Morgan fingerprint density at radius 1 is 1.13 bits per heavy atom. The number of amides is 1. The van der Waals surface area contributed by atoms with E-state index in [1.807, 2.05) is 24.3 Å². The van der Waals surface area contributed by atoms with Gasteiger partial charge in [-0.15, -0.1) is 0 Å². The van der Waals surface area contributed by atoms with Gasteiger partial charge in [-0.05, 0) is 50.6 Å².